The Morgan fingerprint density at radius 3 is 2.67 bits per heavy atom. The van der Waals surface area contributed by atoms with Crippen LogP contribution >= 0.6 is 15.9 Å². The van der Waals surface area contributed by atoms with Crippen molar-refractivity contribution in [1.29, 1.82) is 0 Å². The number of carbonyl (C=O) groups is 1. The van der Waals surface area contributed by atoms with E-state index in [1.54, 1.807) is 0 Å². The number of aliphatic hydroxyl groups is 1. The molecule has 0 bridgehead atoms. The molecule has 1 aliphatic rings. The number of halogens is 1. The number of carbonyl (C=O) groups excluding carboxylic acids is 1. The van der Waals surface area contributed by atoms with Crippen LogP contribution in [-0.4, -0.2) is 23.2 Å². The number of hydrogen-bond acceptors (Lipinski definition) is 2. The fourth-order valence-corrected chi connectivity index (χ4v) is 2.78. The Kier molecular flexibility index (Phi) is 4.40. The van der Waals surface area contributed by atoms with Crippen LogP contribution in [0.4, 0.5) is 0 Å². The number of amides is 1. The zero-order chi connectivity index (χ0) is 13.0. The SMILES string of the molecule is O=C(Cc1ccccc1Br)NCC1(O)CCCC1. The molecule has 0 aliphatic heterocycles. The fraction of sp³-hybridized carbons (Fsp3) is 0.500. The quantitative estimate of drug-likeness (QED) is 0.897. The summed E-state index contributed by atoms with van der Waals surface area (Å²) in [6.45, 7) is 0.371. The lowest BCUT2D eigenvalue weighted by Crippen LogP contribution is -2.41. The molecular weight excluding hydrogens is 294 g/mol. The smallest absolute Gasteiger partial charge is 0.224 e. The highest BCUT2D eigenvalue weighted by Gasteiger charge is 2.31. The van der Waals surface area contributed by atoms with E-state index in [0.29, 0.717) is 13.0 Å². The van der Waals surface area contributed by atoms with Gasteiger partial charge in [0.2, 0.25) is 5.91 Å². The first-order valence-corrected chi connectivity index (χ1v) is 7.11. The third-order valence-corrected chi connectivity index (χ3v) is 4.23. The van der Waals surface area contributed by atoms with E-state index in [1.165, 1.54) is 0 Å². The van der Waals surface area contributed by atoms with Gasteiger partial charge in [0.15, 0.2) is 0 Å². The van der Waals surface area contributed by atoms with Crippen LogP contribution in [-0.2, 0) is 11.2 Å². The zero-order valence-electron chi connectivity index (χ0n) is 10.3. The molecule has 98 valence electrons. The monoisotopic (exact) mass is 311 g/mol. The minimum atomic E-state index is -0.677. The molecule has 0 spiro atoms. The van der Waals surface area contributed by atoms with Crippen molar-refractivity contribution in [3.8, 4) is 0 Å². The van der Waals surface area contributed by atoms with Crippen molar-refractivity contribution in [2.45, 2.75) is 37.7 Å². The average Bonchev–Trinajstić information content (AvgIpc) is 2.77. The molecular formula is C14H18BrNO2. The number of hydrogen-bond donors (Lipinski definition) is 2. The molecule has 18 heavy (non-hydrogen) atoms. The lowest BCUT2D eigenvalue weighted by atomic mass is 10.0. The predicted octanol–water partition coefficient (Wildman–Crippen LogP) is 2.41. The molecule has 2 rings (SSSR count). The minimum Gasteiger partial charge on any atom is -0.388 e. The second kappa shape index (κ2) is 5.85. The van der Waals surface area contributed by atoms with Gasteiger partial charge in [-0.15, -0.1) is 0 Å². The highest BCUT2D eigenvalue weighted by atomic mass is 79.9. The van der Waals surface area contributed by atoms with Crippen molar-refractivity contribution in [2.24, 2.45) is 0 Å². The summed E-state index contributed by atoms with van der Waals surface area (Å²) in [5.41, 5.74) is 0.289. The van der Waals surface area contributed by atoms with E-state index in [-0.39, 0.29) is 5.91 Å². The summed E-state index contributed by atoms with van der Waals surface area (Å²) in [6, 6.07) is 7.69. The van der Waals surface area contributed by atoms with Gasteiger partial charge in [0.05, 0.1) is 12.0 Å². The first-order chi connectivity index (χ1) is 8.59. The molecule has 0 unspecified atom stereocenters. The first kappa shape index (κ1) is 13.6. The van der Waals surface area contributed by atoms with Crippen LogP contribution in [0.25, 0.3) is 0 Å². The van der Waals surface area contributed by atoms with Crippen molar-refractivity contribution in [2.75, 3.05) is 6.54 Å². The van der Waals surface area contributed by atoms with Gasteiger partial charge < -0.3 is 10.4 Å². The Bertz CT molecular complexity index is 428. The van der Waals surface area contributed by atoms with Crippen molar-refractivity contribution in [3.63, 3.8) is 0 Å². The molecule has 1 amide bonds. The summed E-state index contributed by atoms with van der Waals surface area (Å²) in [5.74, 6) is -0.0396. The lowest BCUT2D eigenvalue weighted by molar-refractivity contribution is -0.121. The predicted molar refractivity (Wildman–Crippen MR) is 74.3 cm³/mol. The molecule has 1 saturated carbocycles. The normalized spacial score (nSPS) is 17.7. The highest BCUT2D eigenvalue weighted by molar-refractivity contribution is 9.10. The van der Waals surface area contributed by atoms with Gasteiger partial charge in [0.25, 0.3) is 0 Å². The van der Waals surface area contributed by atoms with Crippen LogP contribution in [0.1, 0.15) is 31.2 Å². The zero-order valence-corrected chi connectivity index (χ0v) is 11.9. The molecule has 1 aromatic carbocycles. The van der Waals surface area contributed by atoms with E-state index >= 15 is 0 Å². The van der Waals surface area contributed by atoms with E-state index in [1.807, 2.05) is 24.3 Å². The van der Waals surface area contributed by atoms with E-state index < -0.39 is 5.60 Å². The van der Waals surface area contributed by atoms with Gasteiger partial charge in [0.1, 0.15) is 0 Å². The first-order valence-electron chi connectivity index (χ1n) is 6.32. The molecule has 0 aromatic heterocycles. The van der Waals surface area contributed by atoms with Crippen LogP contribution < -0.4 is 5.32 Å². The lowest BCUT2D eigenvalue weighted by Gasteiger charge is -2.22. The van der Waals surface area contributed by atoms with Crippen molar-refractivity contribution < 1.29 is 9.90 Å². The van der Waals surface area contributed by atoms with Crippen molar-refractivity contribution >= 4 is 21.8 Å². The third-order valence-electron chi connectivity index (χ3n) is 3.46. The second-order valence-electron chi connectivity index (χ2n) is 4.98. The summed E-state index contributed by atoms with van der Waals surface area (Å²) in [7, 11) is 0. The van der Waals surface area contributed by atoms with Crippen LogP contribution in [0.2, 0.25) is 0 Å². The topological polar surface area (TPSA) is 49.3 Å². The standard InChI is InChI=1S/C14H18BrNO2/c15-12-6-2-1-5-11(12)9-13(17)16-10-14(18)7-3-4-8-14/h1-2,5-6,18H,3-4,7-10H2,(H,16,17). The van der Waals surface area contributed by atoms with Crippen molar-refractivity contribution in [3.05, 3.63) is 34.3 Å². The van der Waals surface area contributed by atoms with E-state index in [2.05, 4.69) is 21.2 Å². The molecule has 1 aromatic rings. The van der Waals surface area contributed by atoms with Crippen LogP contribution in [0.15, 0.2) is 28.7 Å². The minimum absolute atomic E-state index is 0.0396. The van der Waals surface area contributed by atoms with Gasteiger partial charge in [-0.3, -0.25) is 4.79 Å². The van der Waals surface area contributed by atoms with Gasteiger partial charge in [-0.1, -0.05) is 47.0 Å². The van der Waals surface area contributed by atoms with Gasteiger partial charge in [-0.25, -0.2) is 0 Å². The Morgan fingerprint density at radius 1 is 1.33 bits per heavy atom. The molecule has 0 saturated heterocycles. The van der Waals surface area contributed by atoms with E-state index in [4.69, 9.17) is 0 Å². The second-order valence-corrected chi connectivity index (χ2v) is 5.83. The maximum atomic E-state index is 11.8. The maximum absolute atomic E-state index is 11.8. The van der Waals surface area contributed by atoms with Crippen LogP contribution in [0.5, 0.6) is 0 Å². The molecule has 3 nitrogen and oxygen atoms in total. The summed E-state index contributed by atoms with van der Waals surface area (Å²) >= 11 is 3.42. The van der Waals surface area contributed by atoms with Gasteiger partial charge in [-0.2, -0.15) is 0 Å². The maximum Gasteiger partial charge on any atom is 0.224 e. The average molecular weight is 312 g/mol. The molecule has 0 radical (unpaired) electrons. The molecule has 1 fully saturated rings. The summed E-state index contributed by atoms with van der Waals surface area (Å²) in [6.07, 6.45) is 4.04. The van der Waals surface area contributed by atoms with Gasteiger partial charge in [-0.05, 0) is 24.5 Å². The Morgan fingerprint density at radius 2 is 2.00 bits per heavy atom. The number of rotatable bonds is 4. The summed E-state index contributed by atoms with van der Waals surface area (Å²) < 4.78 is 0.944. The van der Waals surface area contributed by atoms with Crippen LogP contribution in [0, 0.1) is 0 Å². The third kappa shape index (κ3) is 3.56. The Hall–Kier alpha value is -0.870. The number of benzene rings is 1. The summed E-state index contributed by atoms with van der Waals surface area (Å²) in [4.78, 5) is 11.8. The molecule has 4 heteroatoms. The van der Waals surface area contributed by atoms with Gasteiger partial charge in [0, 0.05) is 11.0 Å². The number of nitrogens with one attached hydrogen (secondary N) is 1. The largest absolute Gasteiger partial charge is 0.388 e. The Labute approximate surface area is 116 Å². The molecule has 1 aliphatic carbocycles. The summed E-state index contributed by atoms with van der Waals surface area (Å²) in [5, 5.41) is 13.0. The van der Waals surface area contributed by atoms with E-state index in [9.17, 15) is 9.90 Å². The molecule has 0 heterocycles. The van der Waals surface area contributed by atoms with Crippen LogP contribution in [0.3, 0.4) is 0 Å². The highest BCUT2D eigenvalue weighted by Crippen LogP contribution is 2.28. The van der Waals surface area contributed by atoms with Crippen molar-refractivity contribution in [1.82, 2.24) is 5.32 Å². The van der Waals surface area contributed by atoms with Gasteiger partial charge >= 0.3 is 0 Å². The van der Waals surface area contributed by atoms with E-state index in [0.717, 1.165) is 35.7 Å². The fourth-order valence-electron chi connectivity index (χ4n) is 2.35. The molecule has 2 N–H and O–H groups in total. The Balaban J connectivity index is 1.84. The molecule has 0 atom stereocenters.